The predicted octanol–water partition coefficient (Wildman–Crippen LogP) is -0.326. The molecule has 60 valence electrons. The van der Waals surface area contributed by atoms with Gasteiger partial charge in [0, 0.05) is 6.54 Å². The van der Waals surface area contributed by atoms with Gasteiger partial charge < -0.3 is 10.4 Å². The highest BCUT2D eigenvalue weighted by molar-refractivity contribution is 8.14. The molecule has 0 saturated carbocycles. The van der Waals surface area contributed by atoms with Crippen LogP contribution < -0.4 is 5.32 Å². The van der Waals surface area contributed by atoms with E-state index in [1.54, 1.807) is 11.8 Å². The number of thioether (sulfide) groups is 1. The number of rotatable bonds is 1. The Morgan fingerprint density at radius 2 is 2.55 bits per heavy atom. The number of hydrogen-bond acceptors (Lipinski definition) is 4. The summed E-state index contributed by atoms with van der Waals surface area (Å²) in [5, 5.41) is 12.4. The SMILES string of the molecule is OCC#CCSC1=NCCN1. The maximum absolute atomic E-state index is 8.33. The summed E-state index contributed by atoms with van der Waals surface area (Å²) in [4.78, 5) is 4.17. The summed E-state index contributed by atoms with van der Waals surface area (Å²) in [5.74, 6) is 6.08. The smallest absolute Gasteiger partial charge is 0.157 e. The zero-order chi connectivity index (χ0) is 7.94. The summed E-state index contributed by atoms with van der Waals surface area (Å²) < 4.78 is 0. The second kappa shape index (κ2) is 5.05. The monoisotopic (exact) mass is 170 g/mol. The lowest BCUT2D eigenvalue weighted by Crippen LogP contribution is -2.15. The van der Waals surface area contributed by atoms with Crippen molar-refractivity contribution >= 4 is 16.9 Å². The highest BCUT2D eigenvalue weighted by Crippen LogP contribution is 2.03. The third-order valence-corrected chi connectivity index (χ3v) is 1.96. The van der Waals surface area contributed by atoms with Crippen LogP contribution in [-0.4, -0.2) is 35.7 Å². The van der Waals surface area contributed by atoms with Crippen molar-refractivity contribution in [2.24, 2.45) is 4.99 Å². The van der Waals surface area contributed by atoms with E-state index < -0.39 is 0 Å². The van der Waals surface area contributed by atoms with Gasteiger partial charge in [0.15, 0.2) is 5.17 Å². The van der Waals surface area contributed by atoms with E-state index in [2.05, 4.69) is 22.2 Å². The average Bonchev–Trinajstić information content (AvgIpc) is 2.50. The van der Waals surface area contributed by atoms with Gasteiger partial charge in [-0.3, -0.25) is 4.99 Å². The summed E-state index contributed by atoms with van der Waals surface area (Å²) in [6.45, 7) is 1.76. The second-order valence-electron chi connectivity index (χ2n) is 1.91. The van der Waals surface area contributed by atoms with Crippen molar-refractivity contribution in [2.75, 3.05) is 25.4 Å². The van der Waals surface area contributed by atoms with Crippen LogP contribution in [0.4, 0.5) is 0 Å². The van der Waals surface area contributed by atoms with Crippen LogP contribution in [0.15, 0.2) is 4.99 Å². The van der Waals surface area contributed by atoms with E-state index in [4.69, 9.17) is 5.11 Å². The van der Waals surface area contributed by atoms with E-state index in [9.17, 15) is 0 Å². The zero-order valence-corrected chi connectivity index (χ0v) is 6.95. The fourth-order valence-corrected chi connectivity index (χ4v) is 1.38. The van der Waals surface area contributed by atoms with E-state index >= 15 is 0 Å². The molecule has 1 aliphatic heterocycles. The minimum absolute atomic E-state index is 0.0551. The molecule has 0 amide bonds. The molecule has 0 fully saturated rings. The number of nitrogens with zero attached hydrogens (tertiary/aromatic N) is 1. The molecule has 0 unspecified atom stereocenters. The molecule has 0 spiro atoms. The normalized spacial score (nSPS) is 14.8. The van der Waals surface area contributed by atoms with Gasteiger partial charge in [-0.2, -0.15) is 0 Å². The van der Waals surface area contributed by atoms with Crippen molar-refractivity contribution in [1.29, 1.82) is 0 Å². The second-order valence-corrected chi connectivity index (χ2v) is 2.88. The van der Waals surface area contributed by atoms with Gasteiger partial charge in [0.25, 0.3) is 0 Å². The van der Waals surface area contributed by atoms with Gasteiger partial charge in [-0.05, 0) is 0 Å². The van der Waals surface area contributed by atoms with E-state index in [0.717, 1.165) is 18.3 Å². The number of amidine groups is 1. The summed E-state index contributed by atoms with van der Waals surface area (Å²) in [6.07, 6.45) is 0. The summed E-state index contributed by atoms with van der Waals surface area (Å²) >= 11 is 1.58. The van der Waals surface area contributed by atoms with E-state index in [1.807, 2.05) is 0 Å². The first kappa shape index (κ1) is 8.44. The van der Waals surface area contributed by atoms with Crippen LogP contribution in [0.1, 0.15) is 0 Å². The van der Waals surface area contributed by atoms with Crippen molar-refractivity contribution in [1.82, 2.24) is 5.32 Å². The fourth-order valence-electron chi connectivity index (χ4n) is 0.684. The van der Waals surface area contributed by atoms with Crippen LogP contribution in [0.25, 0.3) is 0 Å². The van der Waals surface area contributed by atoms with Gasteiger partial charge in [-0.25, -0.2) is 0 Å². The molecule has 3 nitrogen and oxygen atoms in total. The van der Waals surface area contributed by atoms with Gasteiger partial charge in [0.05, 0.1) is 12.3 Å². The first-order valence-electron chi connectivity index (χ1n) is 3.41. The van der Waals surface area contributed by atoms with E-state index in [-0.39, 0.29) is 6.61 Å². The largest absolute Gasteiger partial charge is 0.384 e. The maximum atomic E-state index is 8.33. The van der Waals surface area contributed by atoms with Gasteiger partial charge >= 0.3 is 0 Å². The van der Waals surface area contributed by atoms with Crippen LogP contribution >= 0.6 is 11.8 Å². The van der Waals surface area contributed by atoms with Gasteiger partial charge in [0.1, 0.15) is 6.61 Å². The minimum atomic E-state index is -0.0551. The molecule has 0 aromatic carbocycles. The number of aliphatic hydroxyl groups excluding tert-OH is 1. The highest BCUT2D eigenvalue weighted by atomic mass is 32.2. The number of aliphatic hydroxyl groups is 1. The zero-order valence-electron chi connectivity index (χ0n) is 6.13. The van der Waals surface area contributed by atoms with E-state index in [0.29, 0.717) is 5.75 Å². The van der Waals surface area contributed by atoms with Gasteiger partial charge in [-0.1, -0.05) is 23.6 Å². The molecule has 0 aromatic rings. The van der Waals surface area contributed by atoms with Crippen molar-refractivity contribution in [2.45, 2.75) is 0 Å². The highest BCUT2D eigenvalue weighted by Gasteiger charge is 2.02. The standard InChI is InChI=1S/C7H10N2OS/c10-5-1-2-6-11-7-8-3-4-9-7/h10H,3-6H2,(H,8,9). The minimum Gasteiger partial charge on any atom is -0.384 e. The van der Waals surface area contributed by atoms with Crippen LogP contribution in [0.2, 0.25) is 0 Å². The number of aliphatic imine (C=N–C) groups is 1. The lowest BCUT2D eigenvalue weighted by molar-refractivity contribution is 0.350. The first-order chi connectivity index (χ1) is 5.43. The first-order valence-corrected chi connectivity index (χ1v) is 4.40. The molecular weight excluding hydrogens is 160 g/mol. The van der Waals surface area contributed by atoms with Crippen LogP contribution in [0.3, 0.4) is 0 Å². The predicted molar refractivity (Wildman–Crippen MR) is 47.6 cm³/mol. The molecule has 0 aromatic heterocycles. The quantitative estimate of drug-likeness (QED) is 0.530. The molecule has 11 heavy (non-hydrogen) atoms. The number of nitrogens with one attached hydrogen (secondary N) is 1. The third-order valence-electron chi connectivity index (χ3n) is 1.13. The Kier molecular flexibility index (Phi) is 3.87. The Balaban J connectivity index is 2.11. The molecule has 0 aliphatic carbocycles. The summed E-state index contributed by atoms with van der Waals surface area (Å²) in [6, 6.07) is 0. The van der Waals surface area contributed by atoms with Crippen molar-refractivity contribution in [3.63, 3.8) is 0 Å². The Hall–Kier alpha value is -0.660. The molecule has 4 heteroatoms. The maximum Gasteiger partial charge on any atom is 0.157 e. The average molecular weight is 170 g/mol. The molecular formula is C7H10N2OS. The van der Waals surface area contributed by atoms with Gasteiger partial charge in [-0.15, -0.1) is 0 Å². The Morgan fingerprint density at radius 3 is 3.18 bits per heavy atom. The molecule has 0 atom stereocenters. The molecule has 1 heterocycles. The van der Waals surface area contributed by atoms with Gasteiger partial charge in [0.2, 0.25) is 0 Å². The van der Waals surface area contributed by atoms with Crippen LogP contribution in [0.5, 0.6) is 0 Å². The molecule has 0 bridgehead atoms. The van der Waals surface area contributed by atoms with Crippen molar-refractivity contribution in [3.05, 3.63) is 0 Å². The lowest BCUT2D eigenvalue weighted by Gasteiger charge is -1.95. The van der Waals surface area contributed by atoms with Crippen LogP contribution in [0, 0.1) is 11.8 Å². The Bertz CT molecular complexity index is 204. The number of hydrogen-bond donors (Lipinski definition) is 2. The Morgan fingerprint density at radius 1 is 1.64 bits per heavy atom. The molecule has 0 radical (unpaired) electrons. The van der Waals surface area contributed by atoms with Crippen molar-refractivity contribution in [3.8, 4) is 11.8 Å². The molecule has 1 rings (SSSR count). The molecule has 1 aliphatic rings. The van der Waals surface area contributed by atoms with Crippen LogP contribution in [-0.2, 0) is 0 Å². The lowest BCUT2D eigenvalue weighted by atomic mass is 10.6. The summed E-state index contributed by atoms with van der Waals surface area (Å²) in [5.41, 5.74) is 0. The fraction of sp³-hybridized carbons (Fsp3) is 0.571. The third kappa shape index (κ3) is 3.30. The molecule has 0 saturated heterocycles. The Labute approximate surface area is 70.3 Å². The summed E-state index contributed by atoms with van der Waals surface area (Å²) in [7, 11) is 0. The van der Waals surface area contributed by atoms with Crippen molar-refractivity contribution < 1.29 is 5.11 Å². The topological polar surface area (TPSA) is 44.6 Å². The van der Waals surface area contributed by atoms with E-state index in [1.165, 1.54) is 0 Å². The molecule has 2 N–H and O–H groups in total.